The van der Waals surface area contributed by atoms with Crippen LogP contribution in [0, 0.1) is 0 Å². The Morgan fingerprint density at radius 3 is 2.26 bits per heavy atom. The number of halogens is 1. The minimum atomic E-state index is -3.16. The summed E-state index contributed by atoms with van der Waals surface area (Å²) in [5.41, 5.74) is 0.993. The van der Waals surface area contributed by atoms with Crippen LogP contribution in [0.4, 0.5) is 0 Å². The first-order valence-corrected chi connectivity index (χ1v) is 11.1. The lowest BCUT2D eigenvalue weighted by Crippen LogP contribution is -2.39. The van der Waals surface area contributed by atoms with Crippen molar-refractivity contribution in [3.8, 4) is 0 Å². The van der Waals surface area contributed by atoms with Crippen molar-refractivity contribution < 1.29 is 8.42 Å². The first-order chi connectivity index (χ1) is 12.4. The number of rotatable bonds is 7. The van der Waals surface area contributed by atoms with E-state index >= 15 is 0 Å². The van der Waals surface area contributed by atoms with E-state index < -0.39 is 9.84 Å². The molecule has 0 saturated heterocycles. The standard InChI is InChI=1S/C19H25N3O2S2.HI/c1-15(25-17-7-5-4-6-8-17)13-21-19(20-2)22-14-16-9-11-18(12-10-16)26(3,23)24;/h4-12,15H,13-14H2,1-3H3,(H2,20,21,22);1H. The Bertz CT molecular complexity index is 826. The quantitative estimate of drug-likeness (QED) is 0.254. The predicted octanol–water partition coefficient (Wildman–Crippen LogP) is 3.55. The average molecular weight is 519 g/mol. The van der Waals surface area contributed by atoms with Gasteiger partial charge in [0.15, 0.2) is 15.8 Å². The van der Waals surface area contributed by atoms with Crippen LogP contribution < -0.4 is 10.6 Å². The van der Waals surface area contributed by atoms with Gasteiger partial charge in [-0.3, -0.25) is 4.99 Å². The smallest absolute Gasteiger partial charge is 0.191 e. The highest BCUT2D eigenvalue weighted by Crippen LogP contribution is 2.21. The fraction of sp³-hybridized carbons (Fsp3) is 0.316. The molecule has 0 saturated carbocycles. The molecule has 8 heteroatoms. The number of nitrogens with one attached hydrogen (secondary N) is 2. The van der Waals surface area contributed by atoms with Crippen molar-refractivity contribution >= 4 is 51.5 Å². The summed E-state index contributed by atoms with van der Waals surface area (Å²) < 4.78 is 23.0. The second kappa shape index (κ2) is 11.6. The van der Waals surface area contributed by atoms with Gasteiger partial charge in [0, 0.05) is 36.5 Å². The Morgan fingerprint density at radius 2 is 1.70 bits per heavy atom. The second-order valence-electron chi connectivity index (χ2n) is 5.96. The molecule has 1 atom stereocenters. The van der Waals surface area contributed by atoms with Crippen molar-refractivity contribution in [1.82, 2.24) is 10.6 Å². The lowest BCUT2D eigenvalue weighted by molar-refractivity contribution is 0.602. The van der Waals surface area contributed by atoms with Gasteiger partial charge in [0.05, 0.1) is 4.90 Å². The van der Waals surface area contributed by atoms with Crippen molar-refractivity contribution in [2.75, 3.05) is 19.8 Å². The molecule has 0 spiro atoms. The zero-order valence-electron chi connectivity index (χ0n) is 15.7. The molecule has 0 aliphatic heterocycles. The maximum Gasteiger partial charge on any atom is 0.191 e. The highest BCUT2D eigenvalue weighted by molar-refractivity contribution is 14.0. The zero-order valence-corrected chi connectivity index (χ0v) is 19.6. The summed E-state index contributed by atoms with van der Waals surface area (Å²) in [7, 11) is -1.43. The summed E-state index contributed by atoms with van der Waals surface area (Å²) in [6, 6.07) is 17.2. The minimum Gasteiger partial charge on any atom is -0.355 e. The maximum absolute atomic E-state index is 11.5. The molecule has 2 aromatic carbocycles. The molecule has 2 rings (SSSR count). The van der Waals surface area contributed by atoms with E-state index in [-0.39, 0.29) is 24.0 Å². The van der Waals surface area contributed by atoms with E-state index in [1.165, 1.54) is 11.2 Å². The SMILES string of the molecule is CN=C(NCc1ccc(S(C)(=O)=O)cc1)NCC(C)Sc1ccccc1.I. The summed E-state index contributed by atoms with van der Waals surface area (Å²) >= 11 is 1.81. The molecule has 0 radical (unpaired) electrons. The number of guanidine groups is 1. The number of thioether (sulfide) groups is 1. The molecule has 148 valence electrons. The summed E-state index contributed by atoms with van der Waals surface area (Å²) in [5.74, 6) is 0.720. The second-order valence-corrected chi connectivity index (χ2v) is 9.49. The molecular formula is C19H26IN3O2S2. The molecule has 0 fully saturated rings. The third-order valence-corrected chi connectivity index (χ3v) is 5.91. The van der Waals surface area contributed by atoms with Gasteiger partial charge in [0.1, 0.15) is 0 Å². The van der Waals surface area contributed by atoms with Gasteiger partial charge in [0.2, 0.25) is 0 Å². The highest BCUT2D eigenvalue weighted by atomic mass is 127. The van der Waals surface area contributed by atoms with Crippen LogP contribution >= 0.6 is 35.7 Å². The van der Waals surface area contributed by atoms with Gasteiger partial charge in [-0.25, -0.2) is 8.42 Å². The fourth-order valence-corrected chi connectivity index (χ4v) is 3.85. The van der Waals surface area contributed by atoms with Crippen LogP contribution in [-0.2, 0) is 16.4 Å². The molecule has 0 heterocycles. The molecule has 27 heavy (non-hydrogen) atoms. The van der Waals surface area contributed by atoms with Gasteiger partial charge in [-0.1, -0.05) is 37.3 Å². The van der Waals surface area contributed by atoms with E-state index in [1.807, 2.05) is 42.1 Å². The van der Waals surface area contributed by atoms with Crippen molar-refractivity contribution in [3.05, 3.63) is 60.2 Å². The molecule has 5 nitrogen and oxygen atoms in total. The predicted molar refractivity (Wildman–Crippen MR) is 125 cm³/mol. The molecule has 2 aromatic rings. The van der Waals surface area contributed by atoms with Crippen LogP contribution in [0.2, 0.25) is 0 Å². The van der Waals surface area contributed by atoms with E-state index in [4.69, 9.17) is 0 Å². The molecule has 0 amide bonds. The van der Waals surface area contributed by atoms with Crippen molar-refractivity contribution in [3.63, 3.8) is 0 Å². The Kier molecular flexibility index (Phi) is 10.2. The molecule has 0 aliphatic rings. The minimum absolute atomic E-state index is 0. The number of benzene rings is 2. The maximum atomic E-state index is 11.5. The van der Waals surface area contributed by atoms with E-state index in [0.717, 1.165) is 18.1 Å². The van der Waals surface area contributed by atoms with Crippen LogP contribution in [0.5, 0.6) is 0 Å². The molecule has 0 bridgehead atoms. The molecule has 1 unspecified atom stereocenters. The Labute approximate surface area is 183 Å². The monoisotopic (exact) mass is 519 g/mol. The van der Waals surface area contributed by atoms with Gasteiger partial charge < -0.3 is 10.6 Å². The van der Waals surface area contributed by atoms with E-state index in [1.54, 1.807) is 19.2 Å². The largest absolute Gasteiger partial charge is 0.355 e. The summed E-state index contributed by atoms with van der Waals surface area (Å²) in [4.78, 5) is 5.80. The van der Waals surface area contributed by atoms with Crippen molar-refractivity contribution in [2.24, 2.45) is 4.99 Å². The zero-order chi connectivity index (χ0) is 19.0. The lowest BCUT2D eigenvalue weighted by atomic mass is 10.2. The number of sulfone groups is 1. The van der Waals surface area contributed by atoms with Crippen LogP contribution in [0.3, 0.4) is 0 Å². The number of aliphatic imine (C=N–C) groups is 1. The number of nitrogens with zero attached hydrogens (tertiary/aromatic N) is 1. The Hall–Kier alpha value is -1.26. The van der Waals surface area contributed by atoms with Crippen molar-refractivity contribution in [1.29, 1.82) is 0 Å². The average Bonchev–Trinajstić information content (AvgIpc) is 2.62. The normalized spacial score (nSPS) is 12.8. The molecule has 0 aliphatic carbocycles. The van der Waals surface area contributed by atoms with Crippen LogP contribution in [0.1, 0.15) is 12.5 Å². The topological polar surface area (TPSA) is 70.6 Å². The van der Waals surface area contributed by atoms with Gasteiger partial charge in [-0.2, -0.15) is 0 Å². The van der Waals surface area contributed by atoms with E-state index in [2.05, 4.69) is 34.7 Å². The summed E-state index contributed by atoms with van der Waals surface area (Å²) in [6.45, 7) is 3.53. The third-order valence-electron chi connectivity index (χ3n) is 3.67. The first kappa shape index (κ1) is 23.8. The van der Waals surface area contributed by atoms with E-state index in [0.29, 0.717) is 16.7 Å². The molecule has 2 N–H and O–H groups in total. The van der Waals surface area contributed by atoms with Crippen LogP contribution in [0.15, 0.2) is 69.4 Å². The summed E-state index contributed by atoms with van der Waals surface area (Å²) in [6.07, 6.45) is 1.21. The van der Waals surface area contributed by atoms with Crippen LogP contribution in [-0.4, -0.2) is 39.5 Å². The van der Waals surface area contributed by atoms with E-state index in [9.17, 15) is 8.42 Å². The molecule has 0 aromatic heterocycles. The number of hydrogen-bond donors (Lipinski definition) is 2. The Morgan fingerprint density at radius 1 is 1.07 bits per heavy atom. The third kappa shape index (κ3) is 8.52. The Balaban J connectivity index is 0.00000364. The fourth-order valence-electron chi connectivity index (χ4n) is 2.27. The number of hydrogen-bond acceptors (Lipinski definition) is 4. The van der Waals surface area contributed by atoms with Gasteiger partial charge in [0.25, 0.3) is 0 Å². The molecular weight excluding hydrogens is 493 g/mol. The van der Waals surface area contributed by atoms with Crippen LogP contribution in [0.25, 0.3) is 0 Å². The highest BCUT2D eigenvalue weighted by Gasteiger charge is 2.08. The lowest BCUT2D eigenvalue weighted by Gasteiger charge is -2.16. The summed E-state index contributed by atoms with van der Waals surface area (Å²) in [5, 5.41) is 6.95. The first-order valence-electron chi connectivity index (χ1n) is 8.33. The van der Waals surface area contributed by atoms with Gasteiger partial charge >= 0.3 is 0 Å². The van der Waals surface area contributed by atoms with Gasteiger partial charge in [-0.05, 0) is 29.8 Å². The van der Waals surface area contributed by atoms with Gasteiger partial charge in [-0.15, -0.1) is 35.7 Å². The van der Waals surface area contributed by atoms with Crippen molar-refractivity contribution in [2.45, 2.75) is 28.5 Å².